The molecule has 1 N–H and O–H groups in total. The third-order valence-corrected chi connectivity index (χ3v) is 6.31. The van der Waals surface area contributed by atoms with Gasteiger partial charge in [0.05, 0.1) is 24.9 Å². The lowest BCUT2D eigenvalue weighted by atomic mass is 9.53. The van der Waals surface area contributed by atoms with Crippen molar-refractivity contribution < 1.29 is 19.1 Å². The van der Waals surface area contributed by atoms with Crippen LogP contribution in [0.15, 0.2) is 22.3 Å². The van der Waals surface area contributed by atoms with Gasteiger partial charge in [0.2, 0.25) is 0 Å². The second-order valence-electron chi connectivity index (χ2n) is 7.67. The van der Waals surface area contributed by atoms with Crippen molar-refractivity contribution in [3.63, 3.8) is 0 Å². The summed E-state index contributed by atoms with van der Waals surface area (Å²) >= 11 is 0. The predicted molar refractivity (Wildman–Crippen MR) is 91.8 cm³/mol. The maximum Gasteiger partial charge on any atom is 0.307 e. The fourth-order valence-electron chi connectivity index (χ4n) is 4.70. The van der Waals surface area contributed by atoms with Gasteiger partial charge in [-0.15, -0.1) is 0 Å². The molecule has 0 radical (unpaired) electrons. The molecule has 1 aromatic heterocycles. The lowest BCUT2D eigenvalue weighted by Gasteiger charge is -2.52. The SMILES string of the molecule is C/C=C(/C)CO[C@@H]1c2c(C)coc2C[C@H]2CCC[C@H](C(=O)O)[C@]21C. The predicted octanol–water partition coefficient (Wildman–Crippen LogP) is 4.68. The molecule has 2 aliphatic carbocycles. The molecule has 0 amide bonds. The van der Waals surface area contributed by atoms with Crippen LogP contribution in [0.3, 0.4) is 0 Å². The number of hydrogen-bond acceptors (Lipinski definition) is 3. The fraction of sp³-hybridized carbons (Fsp3) is 0.650. The average molecular weight is 332 g/mol. The normalized spacial score (nSPS) is 33.0. The van der Waals surface area contributed by atoms with Gasteiger partial charge in [0.25, 0.3) is 0 Å². The summed E-state index contributed by atoms with van der Waals surface area (Å²) in [5.41, 5.74) is 2.93. The molecular formula is C20H28O4. The van der Waals surface area contributed by atoms with Crippen LogP contribution >= 0.6 is 0 Å². The molecule has 3 rings (SSSR count). The number of carbonyl (C=O) groups is 1. The Bertz CT molecular complexity index is 657. The average Bonchev–Trinajstić information content (AvgIpc) is 2.91. The number of hydrogen-bond donors (Lipinski definition) is 1. The first-order chi connectivity index (χ1) is 11.4. The van der Waals surface area contributed by atoms with Crippen LogP contribution in [0.5, 0.6) is 0 Å². The van der Waals surface area contributed by atoms with Crippen molar-refractivity contribution in [3.8, 4) is 0 Å². The maximum absolute atomic E-state index is 12.0. The van der Waals surface area contributed by atoms with Crippen LogP contribution in [0.2, 0.25) is 0 Å². The number of fused-ring (bicyclic) bond motifs is 2. The third-order valence-electron chi connectivity index (χ3n) is 6.31. The molecule has 2 aliphatic rings. The van der Waals surface area contributed by atoms with Crippen molar-refractivity contribution in [1.29, 1.82) is 0 Å². The molecule has 0 saturated heterocycles. The molecule has 0 aromatic carbocycles. The number of carboxylic acids is 1. The van der Waals surface area contributed by atoms with Gasteiger partial charge >= 0.3 is 5.97 Å². The Labute approximate surface area is 143 Å². The number of carboxylic acid groups (broad SMARTS) is 1. The van der Waals surface area contributed by atoms with Gasteiger partial charge in [-0.25, -0.2) is 0 Å². The highest BCUT2D eigenvalue weighted by atomic mass is 16.5. The quantitative estimate of drug-likeness (QED) is 0.814. The molecule has 132 valence electrons. The van der Waals surface area contributed by atoms with Crippen LogP contribution < -0.4 is 0 Å². The van der Waals surface area contributed by atoms with E-state index in [0.717, 1.165) is 48.1 Å². The zero-order valence-corrected chi connectivity index (χ0v) is 15.1. The number of allylic oxidation sites excluding steroid dienone is 1. The number of rotatable bonds is 4. The van der Waals surface area contributed by atoms with E-state index in [1.165, 1.54) is 0 Å². The van der Waals surface area contributed by atoms with Crippen LogP contribution in [-0.4, -0.2) is 17.7 Å². The molecule has 1 aromatic rings. The van der Waals surface area contributed by atoms with E-state index in [9.17, 15) is 9.90 Å². The highest BCUT2D eigenvalue weighted by Gasteiger charge is 2.57. The van der Waals surface area contributed by atoms with Crippen molar-refractivity contribution >= 4 is 5.97 Å². The Morgan fingerprint density at radius 1 is 1.50 bits per heavy atom. The monoisotopic (exact) mass is 332 g/mol. The number of aliphatic carboxylic acids is 1. The minimum absolute atomic E-state index is 0.221. The number of furan rings is 1. The van der Waals surface area contributed by atoms with Gasteiger partial charge in [-0.3, -0.25) is 4.79 Å². The molecule has 0 bridgehead atoms. The molecule has 1 saturated carbocycles. The summed E-state index contributed by atoms with van der Waals surface area (Å²) in [7, 11) is 0. The standard InChI is InChI=1S/C20H28O4/c1-5-12(2)10-24-18-17-13(3)11-23-16(17)9-14-7-6-8-15(19(21)22)20(14,18)4/h5,11,14-15,18H,6-10H2,1-4H3,(H,21,22)/b12-5-/t14-,15-,18-,20+/m1/s1. The van der Waals surface area contributed by atoms with E-state index in [4.69, 9.17) is 9.15 Å². The Morgan fingerprint density at radius 2 is 2.25 bits per heavy atom. The van der Waals surface area contributed by atoms with Gasteiger partial charge in [0.15, 0.2) is 0 Å². The topological polar surface area (TPSA) is 59.7 Å². The first-order valence-electron chi connectivity index (χ1n) is 8.92. The summed E-state index contributed by atoms with van der Waals surface area (Å²) in [5, 5.41) is 9.86. The minimum atomic E-state index is -0.692. The molecule has 4 heteroatoms. The van der Waals surface area contributed by atoms with Gasteiger partial charge in [-0.2, -0.15) is 0 Å². The van der Waals surface area contributed by atoms with Crippen molar-refractivity contribution in [2.45, 2.75) is 59.5 Å². The van der Waals surface area contributed by atoms with E-state index in [1.807, 2.05) is 26.8 Å². The summed E-state index contributed by atoms with van der Waals surface area (Å²) < 4.78 is 12.2. The lowest BCUT2D eigenvalue weighted by Crippen LogP contribution is -2.50. The Hall–Kier alpha value is -1.55. The van der Waals surface area contributed by atoms with Crippen molar-refractivity contribution in [1.82, 2.24) is 0 Å². The van der Waals surface area contributed by atoms with Gasteiger partial charge < -0.3 is 14.3 Å². The molecular weight excluding hydrogens is 304 g/mol. The molecule has 0 aliphatic heterocycles. The zero-order valence-electron chi connectivity index (χ0n) is 15.1. The smallest absolute Gasteiger partial charge is 0.307 e. The van der Waals surface area contributed by atoms with Gasteiger partial charge in [-0.1, -0.05) is 25.0 Å². The van der Waals surface area contributed by atoms with Crippen LogP contribution in [0.1, 0.15) is 63.0 Å². The van der Waals surface area contributed by atoms with E-state index in [2.05, 4.69) is 6.92 Å². The van der Waals surface area contributed by atoms with E-state index < -0.39 is 5.97 Å². The highest BCUT2D eigenvalue weighted by Crippen LogP contribution is 2.59. The summed E-state index contributed by atoms with van der Waals surface area (Å²) in [6, 6.07) is 0. The molecule has 0 spiro atoms. The van der Waals surface area contributed by atoms with Crippen LogP contribution in [0, 0.1) is 24.2 Å². The molecule has 1 heterocycles. The Morgan fingerprint density at radius 3 is 2.92 bits per heavy atom. The first kappa shape index (κ1) is 17.3. The maximum atomic E-state index is 12.0. The first-order valence-corrected chi connectivity index (χ1v) is 8.92. The van der Waals surface area contributed by atoms with Crippen molar-refractivity contribution in [2.75, 3.05) is 6.61 Å². The molecule has 4 nitrogen and oxygen atoms in total. The van der Waals surface area contributed by atoms with E-state index in [1.54, 1.807) is 6.26 Å². The molecule has 0 unspecified atom stereocenters. The Balaban J connectivity index is 2.06. The lowest BCUT2D eigenvalue weighted by molar-refractivity contribution is -0.167. The summed E-state index contributed by atoms with van der Waals surface area (Å²) in [4.78, 5) is 12.0. The fourth-order valence-corrected chi connectivity index (χ4v) is 4.70. The van der Waals surface area contributed by atoms with E-state index >= 15 is 0 Å². The van der Waals surface area contributed by atoms with Gasteiger partial charge in [0, 0.05) is 17.4 Å². The van der Waals surface area contributed by atoms with E-state index in [-0.39, 0.29) is 17.4 Å². The largest absolute Gasteiger partial charge is 0.481 e. The van der Waals surface area contributed by atoms with Crippen LogP contribution in [-0.2, 0) is 16.0 Å². The molecule has 4 atom stereocenters. The molecule has 1 fully saturated rings. The van der Waals surface area contributed by atoms with Crippen molar-refractivity contribution in [2.24, 2.45) is 17.3 Å². The second kappa shape index (κ2) is 6.40. The minimum Gasteiger partial charge on any atom is -0.481 e. The molecule has 24 heavy (non-hydrogen) atoms. The zero-order chi connectivity index (χ0) is 17.5. The summed E-state index contributed by atoms with van der Waals surface area (Å²) in [6.45, 7) is 8.73. The van der Waals surface area contributed by atoms with E-state index in [0.29, 0.717) is 12.5 Å². The summed E-state index contributed by atoms with van der Waals surface area (Å²) in [5.74, 6) is 0.225. The Kier molecular flexibility index (Phi) is 4.60. The second-order valence-corrected chi connectivity index (χ2v) is 7.67. The van der Waals surface area contributed by atoms with Crippen LogP contribution in [0.4, 0.5) is 0 Å². The third kappa shape index (κ3) is 2.61. The number of ether oxygens (including phenoxy) is 1. The highest BCUT2D eigenvalue weighted by molar-refractivity contribution is 5.71. The summed E-state index contributed by atoms with van der Waals surface area (Å²) in [6.07, 6.45) is 7.18. The van der Waals surface area contributed by atoms with Gasteiger partial charge in [-0.05, 0) is 45.1 Å². The van der Waals surface area contributed by atoms with Gasteiger partial charge in [0.1, 0.15) is 5.76 Å². The van der Waals surface area contributed by atoms with Crippen LogP contribution in [0.25, 0.3) is 0 Å². The number of aryl methyl sites for hydroxylation is 1. The van der Waals surface area contributed by atoms with Crippen molar-refractivity contribution in [3.05, 3.63) is 34.8 Å².